The highest BCUT2D eigenvalue weighted by Gasteiger charge is 2.36. The first kappa shape index (κ1) is 10.1. The zero-order valence-electron chi connectivity index (χ0n) is 8.37. The van der Waals surface area contributed by atoms with Gasteiger partial charge in [-0.25, -0.2) is 0 Å². The minimum absolute atomic E-state index is 0.371. The number of thiol groups is 1. The van der Waals surface area contributed by atoms with Crippen LogP contribution in [0.1, 0.15) is 30.4 Å². The summed E-state index contributed by atoms with van der Waals surface area (Å²) in [7, 11) is 0. The van der Waals surface area contributed by atoms with Crippen LogP contribution in [-0.4, -0.2) is 5.75 Å². The zero-order chi connectivity index (χ0) is 10.0. The van der Waals surface area contributed by atoms with Gasteiger partial charge in [0, 0.05) is 12.0 Å². The third-order valence-corrected chi connectivity index (χ3v) is 4.02. The second-order valence-corrected chi connectivity index (χ2v) is 4.51. The molecular weight excluding hydrogens is 190 g/mol. The minimum Gasteiger partial charge on any atom is -0.326 e. The maximum atomic E-state index is 5.57. The van der Waals surface area contributed by atoms with Crippen LogP contribution in [0.3, 0.4) is 0 Å². The fourth-order valence-electron chi connectivity index (χ4n) is 2.14. The van der Waals surface area contributed by atoms with Crippen molar-refractivity contribution in [2.45, 2.75) is 31.2 Å². The van der Waals surface area contributed by atoms with Crippen LogP contribution in [0.25, 0.3) is 0 Å². The molecule has 0 aromatic heterocycles. The molecule has 0 radical (unpaired) electrons. The monoisotopic (exact) mass is 207 g/mol. The highest BCUT2D eigenvalue weighted by Crippen LogP contribution is 2.44. The molecule has 14 heavy (non-hydrogen) atoms. The van der Waals surface area contributed by atoms with Crippen molar-refractivity contribution >= 4 is 12.6 Å². The molecule has 0 amide bonds. The summed E-state index contributed by atoms with van der Waals surface area (Å²) in [4.78, 5) is 0. The van der Waals surface area contributed by atoms with E-state index in [2.05, 4.69) is 36.9 Å². The number of benzene rings is 1. The van der Waals surface area contributed by atoms with Crippen molar-refractivity contribution < 1.29 is 0 Å². The fraction of sp³-hybridized carbons (Fsp3) is 0.500. The van der Waals surface area contributed by atoms with E-state index in [1.165, 1.54) is 30.4 Å². The van der Waals surface area contributed by atoms with E-state index < -0.39 is 0 Å². The fourth-order valence-corrected chi connectivity index (χ4v) is 2.63. The van der Waals surface area contributed by atoms with Crippen molar-refractivity contribution in [3.63, 3.8) is 0 Å². The maximum Gasteiger partial charge on any atom is 0.0178 e. The summed E-state index contributed by atoms with van der Waals surface area (Å²) in [5, 5.41) is 0. The van der Waals surface area contributed by atoms with Gasteiger partial charge in [-0.1, -0.05) is 30.7 Å². The van der Waals surface area contributed by atoms with Gasteiger partial charge in [0.25, 0.3) is 0 Å². The average Bonchev–Trinajstić information content (AvgIpc) is 2.18. The zero-order valence-corrected chi connectivity index (χ0v) is 9.26. The lowest BCUT2D eigenvalue weighted by molar-refractivity contribution is 0.279. The maximum absolute atomic E-state index is 5.57. The van der Waals surface area contributed by atoms with Gasteiger partial charge in [-0.3, -0.25) is 0 Å². The normalized spacial score (nSPS) is 19.0. The SMILES string of the molecule is NCc1ccc(C2(CS)CCC2)cc1. The second kappa shape index (κ2) is 3.95. The van der Waals surface area contributed by atoms with Crippen LogP contribution in [0.15, 0.2) is 24.3 Å². The van der Waals surface area contributed by atoms with Crippen molar-refractivity contribution in [1.29, 1.82) is 0 Å². The van der Waals surface area contributed by atoms with Crippen molar-refractivity contribution in [3.8, 4) is 0 Å². The second-order valence-electron chi connectivity index (χ2n) is 4.19. The molecule has 1 aromatic rings. The molecule has 1 aromatic carbocycles. The molecule has 0 aliphatic heterocycles. The summed E-state index contributed by atoms with van der Waals surface area (Å²) in [5.41, 5.74) is 8.60. The highest BCUT2D eigenvalue weighted by molar-refractivity contribution is 7.80. The molecule has 2 N–H and O–H groups in total. The van der Waals surface area contributed by atoms with Gasteiger partial charge in [0.2, 0.25) is 0 Å². The molecule has 2 rings (SSSR count). The summed E-state index contributed by atoms with van der Waals surface area (Å²) >= 11 is 4.47. The Balaban J connectivity index is 2.23. The van der Waals surface area contributed by atoms with Gasteiger partial charge in [0.05, 0.1) is 0 Å². The predicted octanol–water partition coefficient (Wildman–Crippen LogP) is 2.50. The molecule has 0 heterocycles. The third-order valence-electron chi connectivity index (χ3n) is 3.42. The van der Waals surface area contributed by atoms with Crippen LogP contribution < -0.4 is 5.73 Å². The van der Waals surface area contributed by atoms with Crippen LogP contribution in [-0.2, 0) is 12.0 Å². The molecule has 0 unspecified atom stereocenters. The minimum atomic E-state index is 0.371. The summed E-state index contributed by atoms with van der Waals surface area (Å²) < 4.78 is 0. The Morgan fingerprint density at radius 3 is 2.21 bits per heavy atom. The Bertz CT molecular complexity index is 295. The van der Waals surface area contributed by atoms with E-state index >= 15 is 0 Å². The predicted molar refractivity (Wildman–Crippen MR) is 63.7 cm³/mol. The van der Waals surface area contributed by atoms with Crippen molar-refractivity contribution in [2.24, 2.45) is 5.73 Å². The standard InChI is InChI=1S/C12H17NS/c13-8-10-2-4-11(5-3-10)12(9-14)6-1-7-12/h2-5,14H,1,6-9,13H2. The lowest BCUT2D eigenvalue weighted by Gasteiger charge is -2.41. The van der Waals surface area contributed by atoms with E-state index in [4.69, 9.17) is 5.73 Å². The molecule has 0 bridgehead atoms. The van der Waals surface area contributed by atoms with Gasteiger partial charge in [-0.2, -0.15) is 12.6 Å². The molecule has 1 fully saturated rings. The summed E-state index contributed by atoms with van der Waals surface area (Å²) in [6, 6.07) is 8.72. The van der Waals surface area contributed by atoms with Crippen molar-refractivity contribution in [3.05, 3.63) is 35.4 Å². The molecule has 0 saturated heterocycles. The van der Waals surface area contributed by atoms with Gasteiger partial charge in [-0.05, 0) is 29.7 Å². The van der Waals surface area contributed by atoms with E-state index in [9.17, 15) is 0 Å². The summed E-state index contributed by atoms with van der Waals surface area (Å²) in [5.74, 6) is 0.967. The molecule has 1 nitrogen and oxygen atoms in total. The average molecular weight is 207 g/mol. The molecule has 76 valence electrons. The van der Waals surface area contributed by atoms with Gasteiger partial charge >= 0.3 is 0 Å². The summed E-state index contributed by atoms with van der Waals surface area (Å²) in [6.07, 6.45) is 3.93. The smallest absolute Gasteiger partial charge is 0.0178 e. The highest BCUT2D eigenvalue weighted by atomic mass is 32.1. The Labute approximate surface area is 91.1 Å². The molecule has 1 aliphatic rings. The molecule has 0 spiro atoms. The Kier molecular flexibility index (Phi) is 2.84. The Morgan fingerprint density at radius 1 is 1.21 bits per heavy atom. The number of nitrogens with two attached hydrogens (primary N) is 1. The molecule has 0 atom stereocenters. The van der Waals surface area contributed by atoms with E-state index in [1.807, 2.05) is 0 Å². The van der Waals surface area contributed by atoms with Crippen molar-refractivity contribution in [2.75, 3.05) is 5.75 Å². The number of hydrogen-bond donors (Lipinski definition) is 2. The van der Waals surface area contributed by atoms with E-state index in [0.717, 1.165) is 5.75 Å². The molecule has 1 aliphatic carbocycles. The van der Waals surface area contributed by atoms with Crippen LogP contribution in [0, 0.1) is 0 Å². The Morgan fingerprint density at radius 2 is 1.86 bits per heavy atom. The largest absolute Gasteiger partial charge is 0.326 e. The molecule has 1 saturated carbocycles. The molecular formula is C12H17NS. The lowest BCUT2D eigenvalue weighted by Crippen LogP contribution is -2.36. The van der Waals surface area contributed by atoms with E-state index in [0.29, 0.717) is 12.0 Å². The number of hydrogen-bond acceptors (Lipinski definition) is 2. The first-order valence-corrected chi connectivity index (χ1v) is 5.84. The van der Waals surface area contributed by atoms with Crippen LogP contribution >= 0.6 is 12.6 Å². The Hall–Kier alpha value is -0.470. The van der Waals surface area contributed by atoms with Crippen LogP contribution in [0.2, 0.25) is 0 Å². The van der Waals surface area contributed by atoms with E-state index in [1.54, 1.807) is 0 Å². The van der Waals surface area contributed by atoms with Crippen molar-refractivity contribution in [1.82, 2.24) is 0 Å². The van der Waals surface area contributed by atoms with Gasteiger partial charge in [0.15, 0.2) is 0 Å². The topological polar surface area (TPSA) is 26.0 Å². The van der Waals surface area contributed by atoms with Crippen LogP contribution in [0.5, 0.6) is 0 Å². The lowest BCUT2D eigenvalue weighted by atomic mass is 9.66. The van der Waals surface area contributed by atoms with Crippen LogP contribution in [0.4, 0.5) is 0 Å². The summed E-state index contributed by atoms with van der Waals surface area (Å²) in [6.45, 7) is 0.633. The molecule has 2 heteroatoms. The van der Waals surface area contributed by atoms with Gasteiger partial charge in [-0.15, -0.1) is 0 Å². The van der Waals surface area contributed by atoms with Gasteiger partial charge in [0.1, 0.15) is 0 Å². The first-order chi connectivity index (χ1) is 6.80. The van der Waals surface area contributed by atoms with Gasteiger partial charge < -0.3 is 5.73 Å². The van der Waals surface area contributed by atoms with E-state index in [-0.39, 0.29) is 0 Å². The third kappa shape index (κ3) is 1.57. The first-order valence-electron chi connectivity index (χ1n) is 5.21. The number of rotatable bonds is 3. The quantitative estimate of drug-likeness (QED) is 0.732.